The number of aryl methyl sites for hydroxylation is 1. The number of hydrogen-bond donors (Lipinski definition) is 1. The topological polar surface area (TPSA) is 12.0 Å². The van der Waals surface area contributed by atoms with E-state index in [2.05, 4.69) is 27.3 Å². The Morgan fingerprint density at radius 2 is 2.11 bits per heavy atom. The fourth-order valence-electron chi connectivity index (χ4n) is 2.46. The van der Waals surface area contributed by atoms with Crippen LogP contribution in [0.2, 0.25) is 5.02 Å². The summed E-state index contributed by atoms with van der Waals surface area (Å²) >= 11 is 9.25. The van der Waals surface area contributed by atoms with Crippen molar-refractivity contribution in [1.82, 2.24) is 0 Å². The second-order valence-corrected chi connectivity index (χ2v) is 6.00. The van der Waals surface area contributed by atoms with Crippen LogP contribution in [0, 0.1) is 5.82 Å². The van der Waals surface area contributed by atoms with E-state index in [1.54, 1.807) is 12.1 Å². The van der Waals surface area contributed by atoms with Crippen molar-refractivity contribution in [3.8, 4) is 0 Å². The van der Waals surface area contributed by atoms with E-state index in [4.69, 9.17) is 11.6 Å². The highest BCUT2D eigenvalue weighted by Crippen LogP contribution is 2.35. The average Bonchev–Trinajstić information content (AvgIpc) is 2.39. The molecule has 1 atom stereocenters. The summed E-state index contributed by atoms with van der Waals surface area (Å²) in [5.74, 6) is -0.207. The third kappa shape index (κ3) is 2.63. The fourth-order valence-corrected chi connectivity index (χ4v) is 3.00. The molecule has 1 aliphatic heterocycles. The third-order valence-corrected chi connectivity index (χ3v) is 4.27. The van der Waals surface area contributed by atoms with Crippen molar-refractivity contribution in [3.05, 3.63) is 62.8 Å². The average molecular weight is 341 g/mol. The Kier molecular flexibility index (Phi) is 3.50. The molecule has 0 spiro atoms. The van der Waals surface area contributed by atoms with E-state index in [0.717, 1.165) is 29.1 Å². The molecule has 0 fully saturated rings. The van der Waals surface area contributed by atoms with E-state index in [0.29, 0.717) is 4.47 Å². The number of benzene rings is 2. The number of halogens is 3. The van der Waals surface area contributed by atoms with Crippen LogP contribution in [0.15, 0.2) is 40.9 Å². The van der Waals surface area contributed by atoms with Gasteiger partial charge >= 0.3 is 0 Å². The minimum Gasteiger partial charge on any atom is -0.378 e. The summed E-state index contributed by atoms with van der Waals surface area (Å²) in [6, 6.07) is 11.5. The molecular weight excluding hydrogens is 329 g/mol. The van der Waals surface area contributed by atoms with Gasteiger partial charge in [0.05, 0.1) is 10.5 Å². The Labute approximate surface area is 124 Å². The first kappa shape index (κ1) is 12.9. The summed E-state index contributed by atoms with van der Waals surface area (Å²) in [5.41, 5.74) is 3.18. The second-order valence-electron chi connectivity index (χ2n) is 4.71. The maximum atomic E-state index is 13.5. The van der Waals surface area contributed by atoms with Crippen molar-refractivity contribution in [3.63, 3.8) is 0 Å². The van der Waals surface area contributed by atoms with E-state index in [-0.39, 0.29) is 11.9 Å². The lowest BCUT2D eigenvalue weighted by molar-refractivity contribution is 0.610. The molecule has 0 radical (unpaired) electrons. The van der Waals surface area contributed by atoms with Crippen LogP contribution in [-0.2, 0) is 6.42 Å². The molecule has 1 aliphatic rings. The van der Waals surface area contributed by atoms with Crippen molar-refractivity contribution in [1.29, 1.82) is 0 Å². The van der Waals surface area contributed by atoms with Crippen LogP contribution < -0.4 is 5.32 Å². The Hall–Kier alpha value is -1.06. The molecule has 1 N–H and O–H groups in total. The highest BCUT2D eigenvalue weighted by Gasteiger charge is 2.20. The zero-order valence-electron chi connectivity index (χ0n) is 10.1. The van der Waals surface area contributed by atoms with Gasteiger partial charge in [-0.1, -0.05) is 23.7 Å². The van der Waals surface area contributed by atoms with Crippen LogP contribution in [0.1, 0.15) is 23.6 Å². The van der Waals surface area contributed by atoms with Gasteiger partial charge in [-0.05, 0) is 64.2 Å². The van der Waals surface area contributed by atoms with Crippen molar-refractivity contribution in [2.45, 2.75) is 18.9 Å². The Morgan fingerprint density at radius 3 is 2.89 bits per heavy atom. The van der Waals surface area contributed by atoms with E-state index in [1.165, 1.54) is 5.56 Å². The van der Waals surface area contributed by atoms with Gasteiger partial charge in [-0.2, -0.15) is 0 Å². The van der Waals surface area contributed by atoms with Crippen LogP contribution >= 0.6 is 27.5 Å². The third-order valence-electron chi connectivity index (χ3n) is 3.43. The Bertz CT molecular complexity index is 630. The van der Waals surface area contributed by atoms with E-state index >= 15 is 0 Å². The summed E-state index contributed by atoms with van der Waals surface area (Å²) in [6.07, 6.45) is 1.80. The SMILES string of the molecule is Fc1cc2c(cc1Br)NC(c1cccc(Cl)c1)CC2. The largest absolute Gasteiger partial charge is 0.378 e. The molecular formula is C15H12BrClFN. The molecule has 98 valence electrons. The van der Waals surface area contributed by atoms with Crippen LogP contribution in [0.25, 0.3) is 0 Å². The van der Waals surface area contributed by atoms with Crippen molar-refractivity contribution >= 4 is 33.2 Å². The molecule has 0 aliphatic carbocycles. The van der Waals surface area contributed by atoms with E-state index in [9.17, 15) is 4.39 Å². The smallest absolute Gasteiger partial charge is 0.137 e. The van der Waals surface area contributed by atoms with Gasteiger partial charge in [-0.3, -0.25) is 0 Å². The quantitative estimate of drug-likeness (QED) is 0.739. The van der Waals surface area contributed by atoms with Gasteiger partial charge < -0.3 is 5.32 Å². The molecule has 19 heavy (non-hydrogen) atoms. The molecule has 0 saturated heterocycles. The highest BCUT2D eigenvalue weighted by atomic mass is 79.9. The lowest BCUT2D eigenvalue weighted by Gasteiger charge is -2.28. The van der Waals surface area contributed by atoms with Crippen LogP contribution in [-0.4, -0.2) is 0 Å². The summed E-state index contributed by atoms with van der Waals surface area (Å²) in [4.78, 5) is 0. The van der Waals surface area contributed by atoms with Gasteiger partial charge in [0.15, 0.2) is 0 Å². The molecule has 1 heterocycles. The number of rotatable bonds is 1. The zero-order chi connectivity index (χ0) is 13.4. The highest BCUT2D eigenvalue weighted by molar-refractivity contribution is 9.10. The summed E-state index contributed by atoms with van der Waals surface area (Å²) < 4.78 is 14.0. The van der Waals surface area contributed by atoms with E-state index in [1.807, 2.05) is 18.2 Å². The lowest BCUT2D eigenvalue weighted by Crippen LogP contribution is -2.18. The molecule has 1 nitrogen and oxygen atoms in total. The first-order valence-corrected chi connectivity index (χ1v) is 7.30. The van der Waals surface area contributed by atoms with Gasteiger partial charge in [0.25, 0.3) is 0 Å². The number of nitrogens with one attached hydrogen (secondary N) is 1. The lowest BCUT2D eigenvalue weighted by atomic mass is 9.93. The van der Waals surface area contributed by atoms with Gasteiger partial charge in [0, 0.05) is 10.7 Å². The molecule has 0 aromatic heterocycles. The molecule has 1 unspecified atom stereocenters. The maximum absolute atomic E-state index is 13.5. The van der Waals surface area contributed by atoms with Crippen molar-refractivity contribution in [2.24, 2.45) is 0 Å². The van der Waals surface area contributed by atoms with Gasteiger partial charge in [0.1, 0.15) is 5.82 Å². The fraction of sp³-hybridized carbons (Fsp3) is 0.200. The minimum absolute atomic E-state index is 0.207. The molecule has 0 bridgehead atoms. The minimum atomic E-state index is -0.207. The van der Waals surface area contributed by atoms with Gasteiger partial charge in [-0.15, -0.1) is 0 Å². The first-order valence-electron chi connectivity index (χ1n) is 6.13. The summed E-state index contributed by atoms with van der Waals surface area (Å²) in [7, 11) is 0. The van der Waals surface area contributed by atoms with Gasteiger partial charge in [-0.25, -0.2) is 4.39 Å². The van der Waals surface area contributed by atoms with Crippen LogP contribution in [0.3, 0.4) is 0 Å². The number of hydrogen-bond acceptors (Lipinski definition) is 1. The standard InChI is InChI=1S/C15H12BrClFN/c16-12-8-15-10(7-13(12)18)4-5-14(19-15)9-2-1-3-11(17)6-9/h1-3,6-8,14,19H,4-5H2. The molecule has 3 rings (SSSR count). The van der Waals surface area contributed by atoms with Crippen molar-refractivity contribution in [2.75, 3.05) is 5.32 Å². The second kappa shape index (κ2) is 5.14. The normalized spacial score (nSPS) is 17.7. The van der Waals surface area contributed by atoms with Crippen LogP contribution in [0.4, 0.5) is 10.1 Å². The van der Waals surface area contributed by atoms with E-state index < -0.39 is 0 Å². The molecule has 0 amide bonds. The predicted octanol–water partition coefficient (Wildman–Crippen LogP) is 5.34. The van der Waals surface area contributed by atoms with Gasteiger partial charge in [0.2, 0.25) is 0 Å². The molecule has 0 saturated carbocycles. The molecule has 2 aromatic carbocycles. The number of fused-ring (bicyclic) bond motifs is 1. The zero-order valence-corrected chi connectivity index (χ0v) is 12.4. The predicted molar refractivity (Wildman–Crippen MR) is 80.2 cm³/mol. The van der Waals surface area contributed by atoms with Crippen molar-refractivity contribution < 1.29 is 4.39 Å². The maximum Gasteiger partial charge on any atom is 0.137 e. The first-order chi connectivity index (χ1) is 9.13. The molecule has 2 aromatic rings. The Morgan fingerprint density at radius 1 is 1.26 bits per heavy atom. The van der Waals surface area contributed by atoms with Crippen LogP contribution in [0.5, 0.6) is 0 Å². The monoisotopic (exact) mass is 339 g/mol. The summed E-state index contributed by atoms with van der Waals surface area (Å²) in [6.45, 7) is 0. The molecule has 4 heteroatoms. The summed E-state index contributed by atoms with van der Waals surface area (Å²) in [5, 5.41) is 4.19. The number of anilines is 1. The Balaban J connectivity index is 1.92.